The highest BCUT2D eigenvalue weighted by atomic mass is 32.1. The maximum absolute atomic E-state index is 12.1. The Bertz CT molecular complexity index is 362. The zero-order valence-electron chi connectivity index (χ0n) is 10.8. The van der Waals surface area contributed by atoms with E-state index in [1.807, 2.05) is 18.7 Å². The molecule has 4 nitrogen and oxygen atoms in total. The smallest absolute Gasteiger partial charge is 0.273 e. The molecule has 0 aliphatic rings. The topological polar surface area (TPSA) is 59.2 Å². The molecule has 1 atom stereocenters. The predicted octanol–water partition coefficient (Wildman–Crippen LogP) is 2.42. The zero-order valence-corrected chi connectivity index (χ0v) is 11.6. The molecule has 0 aliphatic carbocycles. The van der Waals surface area contributed by atoms with Crippen molar-refractivity contribution in [2.45, 2.75) is 39.7 Å². The summed E-state index contributed by atoms with van der Waals surface area (Å²) in [4.78, 5) is 18.3. The highest BCUT2D eigenvalue weighted by molar-refractivity contribution is 7.09. The molecule has 1 unspecified atom stereocenters. The highest BCUT2D eigenvalue weighted by Crippen LogP contribution is 2.17. The Balaban J connectivity index is 2.72. The minimum absolute atomic E-state index is 0.0177. The first-order valence-corrected chi connectivity index (χ1v) is 6.98. The van der Waals surface area contributed by atoms with Gasteiger partial charge in [0.1, 0.15) is 10.7 Å². The van der Waals surface area contributed by atoms with Gasteiger partial charge in [-0.3, -0.25) is 4.79 Å². The van der Waals surface area contributed by atoms with E-state index in [9.17, 15) is 4.79 Å². The SMILES string of the molecule is CCCCN(CC)C(=O)c1csc(C(C)N)n1. The van der Waals surface area contributed by atoms with Crippen LogP contribution in [0.3, 0.4) is 0 Å². The average molecular weight is 255 g/mol. The molecule has 0 radical (unpaired) electrons. The van der Waals surface area contributed by atoms with Crippen LogP contribution in [-0.2, 0) is 0 Å². The summed E-state index contributed by atoms with van der Waals surface area (Å²) in [5, 5.41) is 2.62. The number of nitrogens with zero attached hydrogens (tertiary/aromatic N) is 2. The molecule has 1 heterocycles. The second kappa shape index (κ2) is 6.71. The van der Waals surface area contributed by atoms with E-state index in [-0.39, 0.29) is 11.9 Å². The zero-order chi connectivity index (χ0) is 12.8. The van der Waals surface area contributed by atoms with Crippen molar-refractivity contribution >= 4 is 17.2 Å². The van der Waals surface area contributed by atoms with Crippen molar-refractivity contribution in [3.05, 3.63) is 16.1 Å². The highest BCUT2D eigenvalue weighted by Gasteiger charge is 2.17. The molecular formula is C12H21N3OS. The third-order valence-corrected chi connectivity index (χ3v) is 3.63. The van der Waals surface area contributed by atoms with Crippen molar-refractivity contribution in [2.24, 2.45) is 5.73 Å². The second-order valence-electron chi connectivity index (χ2n) is 4.10. The fraction of sp³-hybridized carbons (Fsp3) is 0.667. The Morgan fingerprint density at radius 1 is 1.59 bits per heavy atom. The second-order valence-corrected chi connectivity index (χ2v) is 4.99. The van der Waals surface area contributed by atoms with Gasteiger partial charge in [0.2, 0.25) is 0 Å². The lowest BCUT2D eigenvalue weighted by molar-refractivity contribution is 0.0757. The van der Waals surface area contributed by atoms with E-state index in [4.69, 9.17) is 5.73 Å². The van der Waals surface area contributed by atoms with Gasteiger partial charge < -0.3 is 10.6 Å². The summed E-state index contributed by atoms with van der Waals surface area (Å²) in [5.41, 5.74) is 6.27. The van der Waals surface area contributed by atoms with Crippen LogP contribution >= 0.6 is 11.3 Å². The Hall–Kier alpha value is -0.940. The maximum Gasteiger partial charge on any atom is 0.273 e. The number of aromatic nitrogens is 1. The quantitative estimate of drug-likeness (QED) is 0.849. The van der Waals surface area contributed by atoms with E-state index < -0.39 is 0 Å². The van der Waals surface area contributed by atoms with Crippen molar-refractivity contribution in [1.29, 1.82) is 0 Å². The van der Waals surface area contributed by atoms with Gasteiger partial charge >= 0.3 is 0 Å². The fourth-order valence-corrected chi connectivity index (χ4v) is 2.26. The van der Waals surface area contributed by atoms with Crippen molar-refractivity contribution in [2.75, 3.05) is 13.1 Å². The van der Waals surface area contributed by atoms with Gasteiger partial charge in [0, 0.05) is 18.5 Å². The molecule has 0 saturated carbocycles. The lowest BCUT2D eigenvalue weighted by atomic mass is 10.3. The number of hydrogen-bond acceptors (Lipinski definition) is 4. The average Bonchev–Trinajstić information content (AvgIpc) is 2.79. The maximum atomic E-state index is 12.1. The van der Waals surface area contributed by atoms with Crippen LogP contribution in [0.4, 0.5) is 0 Å². The number of rotatable bonds is 6. The van der Waals surface area contributed by atoms with Crippen molar-refractivity contribution in [3.8, 4) is 0 Å². The summed E-state index contributed by atoms with van der Waals surface area (Å²) >= 11 is 1.45. The largest absolute Gasteiger partial charge is 0.338 e. The third kappa shape index (κ3) is 3.78. The van der Waals surface area contributed by atoms with E-state index >= 15 is 0 Å². The summed E-state index contributed by atoms with van der Waals surface area (Å²) < 4.78 is 0. The number of carbonyl (C=O) groups is 1. The molecule has 0 saturated heterocycles. The van der Waals surface area contributed by atoms with E-state index in [1.165, 1.54) is 11.3 Å². The Labute approximate surface area is 107 Å². The van der Waals surface area contributed by atoms with E-state index in [0.29, 0.717) is 5.69 Å². The molecule has 1 rings (SSSR count). The van der Waals surface area contributed by atoms with Crippen LogP contribution in [0.2, 0.25) is 0 Å². The molecule has 0 aliphatic heterocycles. The first-order valence-electron chi connectivity index (χ1n) is 6.10. The monoisotopic (exact) mass is 255 g/mol. The van der Waals surface area contributed by atoms with Gasteiger partial charge in [0.15, 0.2) is 0 Å². The number of nitrogens with two attached hydrogens (primary N) is 1. The van der Waals surface area contributed by atoms with Gasteiger partial charge in [-0.05, 0) is 20.3 Å². The molecule has 2 N–H and O–H groups in total. The summed E-state index contributed by atoms with van der Waals surface area (Å²) in [6.45, 7) is 7.52. The van der Waals surface area contributed by atoms with Crippen molar-refractivity contribution in [3.63, 3.8) is 0 Å². The lowest BCUT2D eigenvalue weighted by Gasteiger charge is -2.19. The summed E-state index contributed by atoms with van der Waals surface area (Å²) in [6.07, 6.45) is 2.12. The van der Waals surface area contributed by atoms with Crippen LogP contribution < -0.4 is 5.73 Å². The van der Waals surface area contributed by atoms with Crippen LogP contribution in [0.25, 0.3) is 0 Å². The van der Waals surface area contributed by atoms with Crippen LogP contribution in [-0.4, -0.2) is 28.9 Å². The Morgan fingerprint density at radius 3 is 2.76 bits per heavy atom. The minimum Gasteiger partial charge on any atom is -0.338 e. The third-order valence-electron chi connectivity index (χ3n) is 2.58. The summed E-state index contributed by atoms with van der Waals surface area (Å²) in [5.74, 6) is 0.0177. The Kier molecular flexibility index (Phi) is 5.58. The molecule has 0 bridgehead atoms. The van der Waals surface area contributed by atoms with Crippen molar-refractivity contribution in [1.82, 2.24) is 9.88 Å². The molecule has 0 spiro atoms. The standard InChI is InChI=1S/C12H21N3OS/c1-4-6-7-15(5-2)12(16)10-8-17-11(14-10)9(3)13/h8-9H,4-7,13H2,1-3H3. The van der Waals surface area contributed by atoms with Gasteiger partial charge in [-0.1, -0.05) is 13.3 Å². The summed E-state index contributed by atoms with van der Waals surface area (Å²) in [7, 11) is 0. The van der Waals surface area contributed by atoms with Crippen molar-refractivity contribution < 1.29 is 4.79 Å². The molecule has 1 amide bonds. The van der Waals surface area contributed by atoms with E-state index in [1.54, 1.807) is 5.38 Å². The molecular weight excluding hydrogens is 234 g/mol. The first kappa shape index (κ1) is 14.1. The van der Waals surface area contributed by atoms with Gasteiger partial charge in [0.25, 0.3) is 5.91 Å². The van der Waals surface area contributed by atoms with Gasteiger partial charge in [0.05, 0.1) is 6.04 Å². The number of unbranched alkanes of at least 4 members (excludes halogenated alkanes) is 1. The van der Waals surface area contributed by atoms with Crippen LogP contribution in [0.15, 0.2) is 5.38 Å². The summed E-state index contributed by atoms with van der Waals surface area (Å²) in [6, 6.07) is -0.104. The lowest BCUT2D eigenvalue weighted by Crippen LogP contribution is -2.32. The number of carbonyl (C=O) groups excluding carboxylic acids is 1. The Morgan fingerprint density at radius 2 is 2.29 bits per heavy atom. The first-order chi connectivity index (χ1) is 8.10. The normalized spacial score (nSPS) is 12.5. The van der Waals surface area contributed by atoms with E-state index in [2.05, 4.69) is 11.9 Å². The molecule has 1 aromatic heterocycles. The number of amides is 1. The van der Waals surface area contributed by atoms with Gasteiger partial charge in [-0.15, -0.1) is 11.3 Å². The van der Waals surface area contributed by atoms with Crippen LogP contribution in [0, 0.1) is 0 Å². The molecule has 0 aromatic carbocycles. The van der Waals surface area contributed by atoms with Crippen LogP contribution in [0.1, 0.15) is 55.2 Å². The molecule has 0 fully saturated rings. The number of hydrogen-bond donors (Lipinski definition) is 1. The predicted molar refractivity (Wildman–Crippen MR) is 71.2 cm³/mol. The molecule has 1 aromatic rings. The van der Waals surface area contributed by atoms with Crippen LogP contribution in [0.5, 0.6) is 0 Å². The number of thiazole rings is 1. The van der Waals surface area contributed by atoms with Gasteiger partial charge in [-0.2, -0.15) is 0 Å². The molecule has 5 heteroatoms. The molecule has 96 valence electrons. The van der Waals surface area contributed by atoms with Gasteiger partial charge in [-0.25, -0.2) is 4.98 Å². The van der Waals surface area contributed by atoms with E-state index in [0.717, 1.165) is 30.9 Å². The fourth-order valence-electron chi connectivity index (χ4n) is 1.51. The molecule has 17 heavy (non-hydrogen) atoms. The minimum atomic E-state index is -0.104.